The van der Waals surface area contributed by atoms with Crippen LogP contribution < -0.4 is 4.74 Å². The van der Waals surface area contributed by atoms with Crippen LogP contribution in [0.5, 0.6) is 5.75 Å². The van der Waals surface area contributed by atoms with Gasteiger partial charge in [0.15, 0.2) is 5.65 Å². The minimum absolute atomic E-state index is 0.707. The van der Waals surface area contributed by atoms with E-state index in [0.717, 1.165) is 44.5 Å². The first-order valence-electron chi connectivity index (χ1n) is 8.08. The van der Waals surface area contributed by atoms with Gasteiger partial charge in [-0.3, -0.25) is 15.1 Å². The largest absolute Gasteiger partial charge is 0.495 e. The van der Waals surface area contributed by atoms with E-state index in [9.17, 15) is 0 Å². The van der Waals surface area contributed by atoms with Crippen LogP contribution in [0.25, 0.3) is 44.5 Å². The second-order valence-electron chi connectivity index (χ2n) is 5.95. The average Bonchev–Trinajstić information content (AvgIpc) is 3.31. The highest BCUT2D eigenvalue weighted by Gasteiger charge is 2.13. The Balaban J connectivity index is 1.67. The molecule has 0 amide bonds. The van der Waals surface area contributed by atoms with Gasteiger partial charge in [-0.2, -0.15) is 5.10 Å². The molecule has 5 heterocycles. The van der Waals surface area contributed by atoms with E-state index < -0.39 is 0 Å². The van der Waals surface area contributed by atoms with Gasteiger partial charge in [0.05, 0.1) is 19.0 Å². The summed E-state index contributed by atoms with van der Waals surface area (Å²) in [7, 11) is 1.63. The minimum atomic E-state index is 0.707. The molecule has 0 radical (unpaired) electrons. The van der Waals surface area contributed by atoms with Gasteiger partial charge in [-0.1, -0.05) is 0 Å². The molecule has 0 atom stereocenters. The van der Waals surface area contributed by atoms with Crippen LogP contribution in [0, 0.1) is 0 Å². The molecule has 0 unspecified atom stereocenters. The summed E-state index contributed by atoms with van der Waals surface area (Å²) in [6.07, 6.45) is 8.86. The predicted octanol–water partition coefficient (Wildman–Crippen LogP) is 3.57. The third-order valence-corrected chi connectivity index (χ3v) is 4.37. The minimum Gasteiger partial charge on any atom is -0.495 e. The molecule has 0 fully saturated rings. The lowest BCUT2D eigenvalue weighted by molar-refractivity contribution is 0.413. The second kappa shape index (κ2) is 5.66. The zero-order chi connectivity index (χ0) is 17.5. The van der Waals surface area contributed by atoms with Gasteiger partial charge in [-0.05, 0) is 24.3 Å². The van der Waals surface area contributed by atoms with Crippen molar-refractivity contribution in [2.24, 2.45) is 0 Å². The molecule has 7 nitrogen and oxygen atoms in total. The number of hydrogen-bond donors (Lipinski definition) is 2. The molecule has 5 aromatic rings. The van der Waals surface area contributed by atoms with Crippen LogP contribution in [0.15, 0.2) is 55.2 Å². The third-order valence-electron chi connectivity index (χ3n) is 4.37. The van der Waals surface area contributed by atoms with Crippen molar-refractivity contribution >= 4 is 21.9 Å². The maximum atomic E-state index is 5.26. The number of pyridine rings is 3. The van der Waals surface area contributed by atoms with Gasteiger partial charge < -0.3 is 9.72 Å². The van der Waals surface area contributed by atoms with E-state index in [1.807, 2.05) is 24.4 Å². The molecule has 0 aliphatic carbocycles. The highest BCUT2D eigenvalue weighted by atomic mass is 16.5. The van der Waals surface area contributed by atoms with Gasteiger partial charge in [0.25, 0.3) is 0 Å². The molecule has 126 valence electrons. The monoisotopic (exact) mass is 342 g/mol. The molecule has 2 N–H and O–H groups in total. The Labute approximate surface area is 148 Å². The Morgan fingerprint density at radius 3 is 2.77 bits per heavy atom. The second-order valence-corrected chi connectivity index (χ2v) is 5.95. The molecule has 0 aliphatic heterocycles. The topological polar surface area (TPSA) is 92.4 Å². The summed E-state index contributed by atoms with van der Waals surface area (Å²) in [5.74, 6) is 0.707. The lowest BCUT2D eigenvalue weighted by Gasteiger charge is -2.04. The van der Waals surface area contributed by atoms with Crippen molar-refractivity contribution < 1.29 is 4.74 Å². The SMILES string of the molecule is COc1cncc(-c2cnc3[nH]nc(-c4cc5cnccc5[nH]4)c3c2)c1. The number of ether oxygens (including phenoxy) is 1. The Bertz CT molecular complexity index is 1210. The van der Waals surface area contributed by atoms with Crippen LogP contribution in [-0.4, -0.2) is 37.2 Å². The number of hydrogen-bond acceptors (Lipinski definition) is 5. The summed E-state index contributed by atoms with van der Waals surface area (Å²) in [4.78, 5) is 16.3. The van der Waals surface area contributed by atoms with E-state index >= 15 is 0 Å². The standard InChI is InChI=1S/C19H14N6O/c1-26-14-4-11(7-21-10-14)12-5-15-18(24-25-19(15)22-9-12)17-6-13-8-20-3-2-16(13)23-17/h2-10,23H,1H3,(H,22,24,25). The molecule has 5 aromatic heterocycles. The van der Waals surface area contributed by atoms with E-state index in [4.69, 9.17) is 4.74 Å². The first-order valence-corrected chi connectivity index (χ1v) is 8.08. The number of aromatic amines is 2. The average molecular weight is 342 g/mol. The van der Waals surface area contributed by atoms with Crippen molar-refractivity contribution in [3.63, 3.8) is 0 Å². The molecule has 0 bridgehead atoms. The fourth-order valence-electron chi connectivity index (χ4n) is 3.05. The van der Waals surface area contributed by atoms with Crippen LogP contribution in [0.1, 0.15) is 0 Å². The van der Waals surface area contributed by atoms with Gasteiger partial charge in [0, 0.05) is 52.2 Å². The summed E-state index contributed by atoms with van der Waals surface area (Å²) >= 11 is 0. The normalized spacial score (nSPS) is 11.3. The van der Waals surface area contributed by atoms with Crippen molar-refractivity contribution in [3.05, 3.63) is 55.2 Å². The highest BCUT2D eigenvalue weighted by molar-refractivity contribution is 5.95. The fraction of sp³-hybridized carbons (Fsp3) is 0.0526. The van der Waals surface area contributed by atoms with Crippen molar-refractivity contribution in [1.82, 2.24) is 30.1 Å². The maximum Gasteiger partial charge on any atom is 0.155 e. The molecule has 0 spiro atoms. The first kappa shape index (κ1) is 14.6. The van der Waals surface area contributed by atoms with Crippen molar-refractivity contribution in [2.75, 3.05) is 7.11 Å². The zero-order valence-corrected chi connectivity index (χ0v) is 13.9. The predicted molar refractivity (Wildman–Crippen MR) is 98.8 cm³/mol. The fourth-order valence-corrected chi connectivity index (χ4v) is 3.05. The highest BCUT2D eigenvalue weighted by Crippen LogP contribution is 2.31. The number of rotatable bonds is 3. The van der Waals surface area contributed by atoms with E-state index in [0.29, 0.717) is 5.75 Å². The molecule has 0 aliphatic rings. The van der Waals surface area contributed by atoms with Gasteiger partial charge in [-0.15, -0.1) is 0 Å². The number of fused-ring (bicyclic) bond motifs is 2. The Morgan fingerprint density at radius 2 is 1.88 bits per heavy atom. The molecular weight excluding hydrogens is 328 g/mol. The number of nitrogens with one attached hydrogen (secondary N) is 2. The van der Waals surface area contributed by atoms with Crippen LogP contribution >= 0.6 is 0 Å². The lowest BCUT2D eigenvalue weighted by Crippen LogP contribution is -1.87. The number of nitrogens with zero attached hydrogens (tertiary/aromatic N) is 4. The smallest absolute Gasteiger partial charge is 0.155 e. The Hall–Kier alpha value is -3.74. The quantitative estimate of drug-likeness (QED) is 0.523. The third kappa shape index (κ3) is 2.29. The van der Waals surface area contributed by atoms with E-state index in [1.54, 1.807) is 31.9 Å². The summed E-state index contributed by atoms with van der Waals surface area (Å²) in [6.45, 7) is 0. The van der Waals surface area contributed by atoms with Crippen molar-refractivity contribution in [1.29, 1.82) is 0 Å². The number of H-pyrrole nitrogens is 2. The summed E-state index contributed by atoms with van der Waals surface area (Å²) < 4.78 is 5.26. The van der Waals surface area contributed by atoms with Crippen LogP contribution in [0.4, 0.5) is 0 Å². The molecule has 7 heteroatoms. The summed E-state index contributed by atoms with van der Waals surface area (Å²) in [5, 5.41) is 9.42. The maximum absolute atomic E-state index is 5.26. The van der Waals surface area contributed by atoms with Gasteiger partial charge in [0.2, 0.25) is 0 Å². The van der Waals surface area contributed by atoms with Gasteiger partial charge in [0.1, 0.15) is 11.4 Å². The lowest BCUT2D eigenvalue weighted by atomic mass is 10.1. The first-order chi connectivity index (χ1) is 12.8. The molecule has 5 rings (SSSR count). The Kier molecular flexibility index (Phi) is 3.18. The van der Waals surface area contributed by atoms with E-state index in [1.165, 1.54) is 0 Å². The number of methoxy groups -OCH3 is 1. The molecule has 26 heavy (non-hydrogen) atoms. The number of aromatic nitrogens is 6. The van der Waals surface area contributed by atoms with Crippen LogP contribution in [-0.2, 0) is 0 Å². The summed E-state index contributed by atoms with van der Waals surface area (Å²) in [6, 6.07) is 7.97. The molecule has 0 saturated heterocycles. The molecular formula is C19H14N6O. The van der Waals surface area contributed by atoms with Crippen molar-refractivity contribution in [3.8, 4) is 28.3 Å². The van der Waals surface area contributed by atoms with Crippen molar-refractivity contribution in [2.45, 2.75) is 0 Å². The Morgan fingerprint density at radius 1 is 0.962 bits per heavy atom. The molecule has 0 saturated carbocycles. The van der Waals surface area contributed by atoms with Gasteiger partial charge >= 0.3 is 0 Å². The van der Waals surface area contributed by atoms with Gasteiger partial charge in [-0.25, -0.2) is 4.98 Å². The zero-order valence-electron chi connectivity index (χ0n) is 13.9. The van der Waals surface area contributed by atoms with Crippen LogP contribution in [0.3, 0.4) is 0 Å². The summed E-state index contributed by atoms with van der Waals surface area (Å²) in [5.41, 5.74) is 5.38. The molecule has 0 aromatic carbocycles. The van der Waals surface area contributed by atoms with Crippen LogP contribution in [0.2, 0.25) is 0 Å². The van der Waals surface area contributed by atoms with E-state index in [-0.39, 0.29) is 0 Å². The van der Waals surface area contributed by atoms with E-state index in [2.05, 4.69) is 36.2 Å².